The standard InChI is InChI=1S/C30H37N3O5S/c1-7-25-23(16-27(34)32-21-9-8-10-22(15-21)39(6,37)38)28(20-13-11-19(2)12-14-20)24(18-31-29(35)36)26(33-25)17-30(3,4)5/h8-15,31H,7,16-18H2,1-6H3,(H,32,34)(H,35,36). The quantitative estimate of drug-likeness (QED) is 0.320. The number of amides is 2. The number of rotatable bonds is 9. The minimum absolute atomic E-state index is 0.0155. The average molecular weight is 552 g/mol. The first-order valence-electron chi connectivity index (χ1n) is 12.8. The zero-order chi connectivity index (χ0) is 29.0. The van der Waals surface area contributed by atoms with E-state index >= 15 is 0 Å². The third-order valence-corrected chi connectivity index (χ3v) is 7.35. The van der Waals surface area contributed by atoms with Crippen molar-refractivity contribution >= 4 is 27.5 Å². The van der Waals surface area contributed by atoms with Crippen LogP contribution >= 0.6 is 0 Å². The SMILES string of the molecule is CCc1nc(CC(C)(C)C)c(CNC(=O)O)c(-c2ccc(C)cc2)c1CC(=O)Nc1cccc(S(C)(=O)=O)c1. The van der Waals surface area contributed by atoms with Crippen molar-refractivity contribution in [2.24, 2.45) is 5.41 Å². The van der Waals surface area contributed by atoms with E-state index in [1.807, 2.05) is 38.1 Å². The number of carboxylic acid groups (broad SMARTS) is 1. The van der Waals surface area contributed by atoms with Crippen molar-refractivity contribution in [3.8, 4) is 11.1 Å². The van der Waals surface area contributed by atoms with Gasteiger partial charge in [0, 0.05) is 35.4 Å². The van der Waals surface area contributed by atoms with Gasteiger partial charge in [-0.15, -0.1) is 0 Å². The van der Waals surface area contributed by atoms with Crippen molar-refractivity contribution in [1.29, 1.82) is 0 Å². The first-order chi connectivity index (χ1) is 18.2. The summed E-state index contributed by atoms with van der Waals surface area (Å²) in [5.41, 5.74) is 6.05. The Morgan fingerprint density at radius 2 is 1.67 bits per heavy atom. The minimum Gasteiger partial charge on any atom is -0.465 e. The second-order valence-corrected chi connectivity index (χ2v) is 13.0. The molecule has 3 rings (SSSR count). The Labute approximate surface area is 230 Å². The van der Waals surface area contributed by atoms with E-state index in [1.54, 1.807) is 12.1 Å². The molecule has 0 spiro atoms. The summed E-state index contributed by atoms with van der Waals surface area (Å²) >= 11 is 0. The molecule has 3 aromatic rings. The summed E-state index contributed by atoms with van der Waals surface area (Å²) in [6, 6.07) is 14.1. The van der Waals surface area contributed by atoms with Crippen molar-refractivity contribution in [1.82, 2.24) is 10.3 Å². The molecule has 0 aliphatic carbocycles. The fourth-order valence-corrected chi connectivity index (χ4v) is 5.16. The molecular formula is C30H37N3O5S. The smallest absolute Gasteiger partial charge is 0.404 e. The van der Waals surface area contributed by atoms with E-state index in [2.05, 4.69) is 31.4 Å². The first kappa shape index (κ1) is 29.8. The zero-order valence-corrected chi connectivity index (χ0v) is 24.2. The Hall–Kier alpha value is -3.72. The Morgan fingerprint density at radius 3 is 2.23 bits per heavy atom. The normalized spacial score (nSPS) is 11.7. The molecule has 8 nitrogen and oxygen atoms in total. The molecular weight excluding hydrogens is 514 g/mol. The fraction of sp³-hybridized carbons (Fsp3) is 0.367. The van der Waals surface area contributed by atoms with Crippen LogP contribution in [0.3, 0.4) is 0 Å². The topological polar surface area (TPSA) is 125 Å². The van der Waals surface area contributed by atoms with Crippen LogP contribution in [0.2, 0.25) is 0 Å². The number of hydrogen-bond donors (Lipinski definition) is 3. The van der Waals surface area contributed by atoms with E-state index in [0.717, 1.165) is 45.5 Å². The lowest BCUT2D eigenvalue weighted by atomic mass is 9.84. The van der Waals surface area contributed by atoms with Gasteiger partial charge < -0.3 is 15.7 Å². The molecule has 0 atom stereocenters. The first-order valence-corrected chi connectivity index (χ1v) is 14.7. The van der Waals surface area contributed by atoms with Gasteiger partial charge in [0.05, 0.1) is 11.3 Å². The molecule has 2 aromatic carbocycles. The molecule has 2 amide bonds. The molecule has 3 N–H and O–H groups in total. The van der Waals surface area contributed by atoms with Crippen LogP contribution < -0.4 is 10.6 Å². The summed E-state index contributed by atoms with van der Waals surface area (Å²) in [6.07, 6.45) is 1.16. The predicted octanol–water partition coefficient (Wildman–Crippen LogP) is 5.56. The molecule has 1 aromatic heterocycles. The Balaban J connectivity index is 2.17. The molecule has 0 saturated carbocycles. The highest BCUT2D eigenvalue weighted by molar-refractivity contribution is 7.90. The third kappa shape index (κ3) is 8.13. The number of aromatic nitrogens is 1. The highest BCUT2D eigenvalue weighted by Crippen LogP contribution is 2.35. The monoisotopic (exact) mass is 551 g/mol. The minimum atomic E-state index is -3.43. The number of pyridine rings is 1. The maximum absolute atomic E-state index is 13.3. The van der Waals surface area contributed by atoms with E-state index in [-0.39, 0.29) is 29.2 Å². The van der Waals surface area contributed by atoms with Crippen molar-refractivity contribution in [3.63, 3.8) is 0 Å². The van der Waals surface area contributed by atoms with E-state index < -0.39 is 15.9 Å². The highest BCUT2D eigenvalue weighted by Gasteiger charge is 2.25. The molecule has 0 fully saturated rings. The largest absolute Gasteiger partial charge is 0.465 e. The van der Waals surface area contributed by atoms with E-state index in [9.17, 15) is 23.1 Å². The lowest BCUT2D eigenvalue weighted by Gasteiger charge is -2.25. The number of nitrogens with one attached hydrogen (secondary N) is 2. The van der Waals surface area contributed by atoms with E-state index in [1.165, 1.54) is 12.1 Å². The van der Waals surface area contributed by atoms with Crippen LogP contribution in [0.5, 0.6) is 0 Å². The van der Waals surface area contributed by atoms with Crippen LogP contribution in [0.4, 0.5) is 10.5 Å². The third-order valence-electron chi connectivity index (χ3n) is 6.24. The summed E-state index contributed by atoms with van der Waals surface area (Å²) in [5.74, 6) is -0.328. The summed E-state index contributed by atoms with van der Waals surface area (Å²) in [6.45, 7) is 10.3. The molecule has 0 aliphatic rings. The molecule has 0 bridgehead atoms. The van der Waals surface area contributed by atoms with Gasteiger partial charge in [0.25, 0.3) is 0 Å². The van der Waals surface area contributed by atoms with Gasteiger partial charge in [0.15, 0.2) is 9.84 Å². The van der Waals surface area contributed by atoms with Gasteiger partial charge in [0.1, 0.15) is 0 Å². The van der Waals surface area contributed by atoms with Gasteiger partial charge in [-0.2, -0.15) is 0 Å². The summed E-state index contributed by atoms with van der Waals surface area (Å²) in [4.78, 5) is 29.9. The molecule has 9 heteroatoms. The Morgan fingerprint density at radius 1 is 1.00 bits per heavy atom. The number of aryl methyl sites for hydroxylation is 2. The van der Waals surface area contributed by atoms with Crippen LogP contribution in [0.25, 0.3) is 11.1 Å². The van der Waals surface area contributed by atoms with Crippen LogP contribution in [-0.4, -0.2) is 36.8 Å². The zero-order valence-electron chi connectivity index (χ0n) is 23.4. The number of carbonyl (C=O) groups is 2. The van der Waals surface area contributed by atoms with Crippen molar-refractivity contribution in [3.05, 3.63) is 76.6 Å². The van der Waals surface area contributed by atoms with Crippen LogP contribution in [0.15, 0.2) is 53.4 Å². The average Bonchev–Trinajstić information content (AvgIpc) is 2.83. The van der Waals surface area contributed by atoms with Gasteiger partial charge >= 0.3 is 6.09 Å². The number of carbonyl (C=O) groups excluding carboxylic acids is 1. The molecule has 208 valence electrons. The summed E-state index contributed by atoms with van der Waals surface area (Å²) in [5, 5.41) is 14.7. The van der Waals surface area contributed by atoms with Crippen LogP contribution in [-0.2, 0) is 40.4 Å². The van der Waals surface area contributed by atoms with Gasteiger partial charge in [-0.25, -0.2) is 13.2 Å². The Kier molecular flexibility index (Phi) is 9.17. The van der Waals surface area contributed by atoms with Gasteiger partial charge in [-0.05, 0) is 60.1 Å². The molecule has 39 heavy (non-hydrogen) atoms. The number of benzene rings is 2. The van der Waals surface area contributed by atoms with Crippen molar-refractivity contribution in [2.45, 2.75) is 65.3 Å². The fourth-order valence-electron chi connectivity index (χ4n) is 4.49. The molecule has 0 radical (unpaired) electrons. The van der Waals surface area contributed by atoms with Gasteiger partial charge in [0.2, 0.25) is 5.91 Å². The second-order valence-electron chi connectivity index (χ2n) is 11.0. The number of hydrogen-bond acceptors (Lipinski definition) is 5. The molecule has 1 heterocycles. The van der Waals surface area contributed by atoms with Crippen LogP contribution in [0, 0.1) is 12.3 Å². The Bertz CT molecular complexity index is 1470. The van der Waals surface area contributed by atoms with Gasteiger partial charge in [-0.1, -0.05) is 63.6 Å². The lowest BCUT2D eigenvalue weighted by Crippen LogP contribution is -2.25. The molecule has 0 unspecified atom stereocenters. The maximum atomic E-state index is 13.3. The van der Waals surface area contributed by atoms with E-state index in [0.29, 0.717) is 18.5 Å². The predicted molar refractivity (Wildman–Crippen MR) is 154 cm³/mol. The van der Waals surface area contributed by atoms with Crippen LogP contribution in [0.1, 0.15) is 55.8 Å². The van der Waals surface area contributed by atoms with E-state index in [4.69, 9.17) is 4.98 Å². The summed E-state index contributed by atoms with van der Waals surface area (Å²) in [7, 11) is -3.43. The maximum Gasteiger partial charge on any atom is 0.404 e. The molecule has 0 aliphatic heterocycles. The summed E-state index contributed by atoms with van der Waals surface area (Å²) < 4.78 is 24.0. The number of anilines is 1. The highest BCUT2D eigenvalue weighted by atomic mass is 32.2. The second kappa shape index (κ2) is 12.0. The lowest BCUT2D eigenvalue weighted by molar-refractivity contribution is -0.115. The van der Waals surface area contributed by atoms with Crippen molar-refractivity contribution < 1.29 is 23.1 Å². The van der Waals surface area contributed by atoms with Gasteiger partial charge in [-0.3, -0.25) is 9.78 Å². The number of sulfone groups is 1. The van der Waals surface area contributed by atoms with Crippen molar-refractivity contribution in [2.75, 3.05) is 11.6 Å². The number of nitrogens with zero attached hydrogens (tertiary/aromatic N) is 1. The molecule has 0 saturated heterocycles.